The van der Waals surface area contributed by atoms with Crippen LogP contribution in [0.25, 0.3) is 146 Å². The van der Waals surface area contributed by atoms with Crippen molar-refractivity contribution in [2.45, 2.75) is 19.3 Å². The Kier molecular flexibility index (Phi) is 8.45. The van der Waals surface area contributed by atoms with Gasteiger partial charge in [-0.3, -0.25) is 0 Å². The molecule has 0 aliphatic heterocycles. The molecule has 15 aromatic rings. The van der Waals surface area contributed by atoms with Crippen LogP contribution in [0.5, 0.6) is 0 Å². The van der Waals surface area contributed by atoms with Gasteiger partial charge in [0.1, 0.15) is 0 Å². The average Bonchev–Trinajstić information content (AvgIpc) is 4.06. The summed E-state index contributed by atoms with van der Waals surface area (Å²) < 4.78 is 5.17. The molecule has 2 heteroatoms. The molecule has 1 nitrogen and oxygen atoms in total. The van der Waals surface area contributed by atoms with Crippen LogP contribution < -0.4 is 0 Å². The van der Waals surface area contributed by atoms with E-state index in [4.69, 9.17) is 0 Å². The summed E-state index contributed by atoms with van der Waals surface area (Å²) in [6.45, 7) is 4.81. The van der Waals surface area contributed by atoms with Crippen LogP contribution in [-0.2, 0) is 5.41 Å². The van der Waals surface area contributed by atoms with Crippen LogP contribution in [0.2, 0.25) is 0 Å². The topological polar surface area (TPSA) is 4.93 Å². The molecule has 0 fully saturated rings. The highest BCUT2D eigenvalue weighted by atomic mass is 32.1. The Balaban J connectivity index is 0.922. The molecule has 0 bridgehead atoms. The van der Waals surface area contributed by atoms with E-state index in [9.17, 15) is 0 Å². The molecular formula is C71H45NS. The van der Waals surface area contributed by atoms with Crippen molar-refractivity contribution in [3.8, 4) is 61.3 Å². The summed E-state index contributed by atoms with van der Waals surface area (Å²) in [7, 11) is 0. The first-order chi connectivity index (χ1) is 35.9. The van der Waals surface area contributed by atoms with Gasteiger partial charge in [0.2, 0.25) is 0 Å². The first kappa shape index (κ1) is 40.9. The highest BCUT2D eigenvalue weighted by molar-refractivity contribution is 7.26. The molecule has 16 rings (SSSR count). The molecule has 340 valence electrons. The Morgan fingerprint density at radius 1 is 0.329 bits per heavy atom. The second-order valence-electron chi connectivity index (χ2n) is 20.8. The van der Waals surface area contributed by atoms with Gasteiger partial charge in [-0.2, -0.15) is 0 Å². The molecule has 2 heterocycles. The van der Waals surface area contributed by atoms with Crippen molar-refractivity contribution >= 4 is 96.4 Å². The summed E-state index contributed by atoms with van der Waals surface area (Å²) in [5.41, 5.74) is 18.9. The van der Waals surface area contributed by atoms with Crippen LogP contribution in [0.15, 0.2) is 237 Å². The number of aromatic nitrogens is 1. The zero-order valence-corrected chi connectivity index (χ0v) is 41.2. The predicted octanol–water partition coefficient (Wildman–Crippen LogP) is 20.2. The molecule has 73 heavy (non-hydrogen) atoms. The minimum Gasteiger partial charge on any atom is -0.309 e. The van der Waals surface area contributed by atoms with Gasteiger partial charge in [0.05, 0.1) is 16.7 Å². The van der Waals surface area contributed by atoms with Crippen LogP contribution in [0.4, 0.5) is 0 Å². The molecular weight excluding hydrogens is 899 g/mol. The molecule has 2 aromatic heterocycles. The summed E-state index contributed by atoms with van der Waals surface area (Å²) >= 11 is 1.91. The number of fused-ring (bicyclic) bond motifs is 11. The molecule has 0 saturated heterocycles. The monoisotopic (exact) mass is 943 g/mol. The number of rotatable bonds is 5. The van der Waals surface area contributed by atoms with E-state index in [1.165, 1.54) is 158 Å². The normalized spacial score (nSPS) is 13.2. The molecule has 1 aliphatic carbocycles. The number of hydrogen-bond acceptors (Lipinski definition) is 1. The second kappa shape index (κ2) is 15.1. The molecule has 0 N–H and O–H groups in total. The van der Waals surface area contributed by atoms with Crippen molar-refractivity contribution < 1.29 is 0 Å². The Labute approximate surface area is 426 Å². The van der Waals surface area contributed by atoms with Gasteiger partial charge in [-0.25, -0.2) is 0 Å². The molecule has 0 amide bonds. The highest BCUT2D eigenvalue weighted by Gasteiger charge is 2.38. The zero-order valence-electron chi connectivity index (χ0n) is 40.4. The zero-order chi connectivity index (χ0) is 48.1. The van der Waals surface area contributed by atoms with E-state index in [-0.39, 0.29) is 5.41 Å². The van der Waals surface area contributed by atoms with Gasteiger partial charge in [0.15, 0.2) is 0 Å². The fourth-order valence-corrected chi connectivity index (χ4v) is 14.3. The van der Waals surface area contributed by atoms with Crippen LogP contribution >= 0.6 is 11.3 Å². The largest absolute Gasteiger partial charge is 0.309 e. The number of hydrogen-bond donors (Lipinski definition) is 0. The van der Waals surface area contributed by atoms with Crippen molar-refractivity contribution in [2.75, 3.05) is 0 Å². The average molecular weight is 944 g/mol. The lowest BCUT2D eigenvalue weighted by molar-refractivity contribution is 0.661. The quantitative estimate of drug-likeness (QED) is 0.152. The summed E-state index contributed by atoms with van der Waals surface area (Å²) in [5, 5.41) is 15.5. The Morgan fingerprint density at radius 2 is 0.959 bits per heavy atom. The van der Waals surface area contributed by atoms with Crippen molar-refractivity contribution in [3.63, 3.8) is 0 Å². The molecule has 0 radical (unpaired) electrons. The number of benzene rings is 13. The fourth-order valence-electron chi connectivity index (χ4n) is 13.1. The van der Waals surface area contributed by atoms with Gasteiger partial charge in [-0.15, -0.1) is 11.3 Å². The Hall–Kier alpha value is -8.82. The summed E-state index contributed by atoms with van der Waals surface area (Å²) in [5.74, 6) is 0. The van der Waals surface area contributed by atoms with Gasteiger partial charge in [-0.05, 0) is 154 Å². The van der Waals surface area contributed by atoms with E-state index in [1.54, 1.807) is 0 Å². The van der Waals surface area contributed by atoms with Crippen LogP contribution in [0.3, 0.4) is 0 Å². The minimum absolute atomic E-state index is 0.134. The number of thiophene rings is 1. The summed E-state index contributed by atoms with van der Waals surface area (Å²) in [4.78, 5) is 0. The standard InChI is InChI=1S/C71H45NS/c1-71(2)60-27-10-8-25-55(60)68-61(71)40-50-30-29-44-19-12-22-49-41-64(69(68)67(50)66(44)49)72-62-28-11-9-24-54(62)57-36-46(31-33-63(57)72)47-32-34-65-58(37-47)59-39-51(53-26-14-18-43-17-6-7-23-52(43)53)38-56(70(59)73-65)48-21-13-20-45(35-48)42-15-4-3-5-16-42/h3-41H,1-2H3. The maximum atomic E-state index is 2.57. The van der Waals surface area contributed by atoms with Crippen molar-refractivity contribution in [1.29, 1.82) is 0 Å². The molecule has 0 spiro atoms. The van der Waals surface area contributed by atoms with E-state index < -0.39 is 0 Å². The lowest BCUT2D eigenvalue weighted by Gasteiger charge is -2.24. The minimum atomic E-state index is -0.134. The molecule has 0 saturated carbocycles. The molecule has 0 unspecified atom stereocenters. The van der Waals surface area contributed by atoms with Gasteiger partial charge in [-0.1, -0.05) is 190 Å². The van der Waals surface area contributed by atoms with Crippen molar-refractivity contribution in [1.82, 2.24) is 4.57 Å². The van der Waals surface area contributed by atoms with Crippen LogP contribution in [0.1, 0.15) is 25.0 Å². The van der Waals surface area contributed by atoms with E-state index in [0.717, 1.165) is 0 Å². The third-order valence-electron chi connectivity index (χ3n) is 16.5. The maximum absolute atomic E-state index is 2.57. The third-order valence-corrected chi connectivity index (χ3v) is 17.7. The fraction of sp³-hybridized carbons (Fsp3) is 0.0423. The van der Waals surface area contributed by atoms with E-state index in [1.807, 2.05) is 11.3 Å². The van der Waals surface area contributed by atoms with E-state index in [0.29, 0.717) is 0 Å². The third kappa shape index (κ3) is 5.84. The highest BCUT2D eigenvalue weighted by Crippen LogP contribution is 2.56. The van der Waals surface area contributed by atoms with Crippen molar-refractivity contribution in [3.05, 3.63) is 248 Å². The van der Waals surface area contributed by atoms with Crippen molar-refractivity contribution in [2.24, 2.45) is 0 Å². The number of nitrogens with zero attached hydrogens (tertiary/aromatic N) is 1. The van der Waals surface area contributed by atoms with E-state index in [2.05, 4.69) is 255 Å². The Morgan fingerprint density at radius 3 is 1.88 bits per heavy atom. The second-order valence-corrected chi connectivity index (χ2v) is 21.8. The predicted molar refractivity (Wildman–Crippen MR) is 314 cm³/mol. The summed E-state index contributed by atoms with van der Waals surface area (Å²) in [6, 6.07) is 89.2. The summed E-state index contributed by atoms with van der Waals surface area (Å²) in [6.07, 6.45) is 0. The van der Waals surface area contributed by atoms with Gasteiger partial charge >= 0.3 is 0 Å². The van der Waals surface area contributed by atoms with Gasteiger partial charge < -0.3 is 4.57 Å². The first-order valence-corrected chi connectivity index (χ1v) is 26.3. The van der Waals surface area contributed by atoms with Gasteiger partial charge in [0, 0.05) is 52.7 Å². The van der Waals surface area contributed by atoms with Crippen LogP contribution in [0, 0.1) is 0 Å². The number of para-hydroxylation sites is 1. The maximum Gasteiger partial charge on any atom is 0.0553 e. The lowest BCUT2D eigenvalue weighted by atomic mass is 9.80. The first-order valence-electron chi connectivity index (χ1n) is 25.5. The van der Waals surface area contributed by atoms with E-state index >= 15 is 0 Å². The lowest BCUT2D eigenvalue weighted by Crippen LogP contribution is -2.15. The molecule has 0 atom stereocenters. The van der Waals surface area contributed by atoms with Gasteiger partial charge in [0.25, 0.3) is 0 Å². The Bertz CT molecular complexity index is 4810. The molecule has 1 aliphatic rings. The SMILES string of the molecule is CC1(C)c2ccccc2-c2c1cc1ccc3cccc4cc(-n5c6ccccc6c6cc(-c7ccc8sc9c(-c%10cccc(-c%11ccccc%11)c%10)cc(-c%10cccc%11ccccc%10%11)cc9c8c7)ccc65)c2c1c34. The molecule has 13 aromatic carbocycles. The smallest absolute Gasteiger partial charge is 0.0553 e. The van der Waals surface area contributed by atoms with Crippen LogP contribution in [-0.4, -0.2) is 4.57 Å².